The lowest BCUT2D eigenvalue weighted by Gasteiger charge is -2.13. The van der Waals surface area contributed by atoms with Crippen molar-refractivity contribution in [3.05, 3.63) is 65.2 Å². The Kier molecular flexibility index (Phi) is 4.84. The van der Waals surface area contributed by atoms with Gasteiger partial charge in [0.2, 0.25) is 5.91 Å². The second-order valence-corrected chi connectivity index (χ2v) is 5.86. The average Bonchev–Trinajstić information content (AvgIpc) is 2.89. The molecule has 0 bridgehead atoms. The SMILES string of the molecule is COc1cc(C=C2CC(=O)N(CCc3ccccc3)C2=O)ccc1O. The summed E-state index contributed by atoms with van der Waals surface area (Å²) < 4.78 is 5.07. The van der Waals surface area contributed by atoms with Crippen LogP contribution in [0.5, 0.6) is 11.5 Å². The topological polar surface area (TPSA) is 66.8 Å². The number of ether oxygens (including phenoxy) is 1. The lowest BCUT2D eigenvalue weighted by Crippen LogP contribution is -2.31. The highest BCUT2D eigenvalue weighted by molar-refractivity contribution is 6.15. The van der Waals surface area contributed by atoms with Crippen molar-refractivity contribution < 1.29 is 19.4 Å². The first-order valence-corrected chi connectivity index (χ1v) is 8.04. The Morgan fingerprint density at radius 3 is 2.64 bits per heavy atom. The van der Waals surface area contributed by atoms with Crippen LogP contribution >= 0.6 is 0 Å². The summed E-state index contributed by atoms with van der Waals surface area (Å²) in [7, 11) is 1.46. The zero-order chi connectivity index (χ0) is 17.8. The molecule has 0 radical (unpaired) electrons. The van der Waals surface area contributed by atoms with Crippen molar-refractivity contribution in [1.29, 1.82) is 0 Å². The Hall–Kier alpha value is -3.08. The van der Waals surface area contributed by atoms with Crippen LogP contribution in [0.4, 0.5) is 0 Å². The number of benzene rings is 2. The fraction of sp³-hybridized carbons (Fsp3) is 0.200. The van der Waals surface area contributed by atoms with E-state index in [4.69, 9.17) is 4.74 Å². The Labute approximate surface area is 146 Å². The van der Waals surface area contributed by atoms with Gasteiger partial charge in [-0.2, -0.15) is 0 Å². The highest BCUT2D eigenvalue weighted by Crippen LogP contribution is 2.29. The zero-order valence-electron chi connectivity index (χ0n) is 13.9. The molecule has 1 aliphatic rings. The third kappa shape index (κ3) is 3.71. The van der Waals surface area contributed by atoms with Crippen LogP contribution in [-0.4, -0.2) is 35.5 Å². The molecule has 1 fully saturated rings. The Bertz CT molecular complexity index is 827. The first-order valence-electron chi connectivity index (χ1n) is 8.04. The van der Waals surface area contributed by atoms with Crippen molar-refractivity contribution in [2.75, 3.05) is 13.7 Å². The standard InChI is InChI=1S/C20H19NO4/c1-25-18-12-15(7-8-17(18)22)11-16-13-19(23)21(20(16)24)10-9-14-5-3-2-4-6-14/h2-8,11-12,22H,9-10,13H2,1H3. The molecule has 1 N–H and O–H groups in total. The monoisotopic (exact) mass is 337 g/mol. The fourth-order valence-corrected chi connectivity index (χ4v) is 2.83. The number of amides is 2. The van der Waals surface area contributed by atoms with Crippen molar-refractivity contribution in [3.63, 3.8) is 0 Å². The van der Waals surface area contributed by atoms with Crippen LogP contribution in [0, 0.1) is 0 Å². The smallest absolute Gasteiger partial charge is 0.256 e. The van der Waals surface area contributed by atoms with E-state index in [-0.39, 0.29) is 24.0 Å². The maximum atomic E-state index is 12.5. The summed E-state index contributed by atoms with van der Waals surface area (Å²) in [5, 5.41) is 9.64. The molecule has 2 aromatic rings. The molecule has 1 heterocycles. The maximum Gasteiger partial charge on any atom is 0.256 e. The minimum absolute atomic E-state index is 0.0305. The van der Waals surface area contributed by atoms with Crippen molar-refractivity contribution >= 4 is 17.9 Å². The quantitative estimate of drug-likeness (QED) is 0.673. The van der Waals surface area contributed by atoms with E-state index in [2.05, 4.69) is 0 Å². The van der Waals surface area contributed by atoms with Crippen molar-refractivity contribution in [2.24, 2.45) is 0 Å². The van der Waals surface area contributed by atoms with Gasteiger partial charge in [-0.25, -0.2) is 0 Å². The number of phenolic OH excluding ortho intramolecular Hbond substituents is 1. The molecule has 5 heteroatoms. The number of hydrogen-bond acceptors (Lipinski definition) is 4. The lowest BCUT2D eigenvalue weighted by atomic mass is 10.1. The van der Waals surface area contributed by atoms with Crippen LogP contribution in [0.2, 0.25) is 0 Å². The number of aromatic hydroxyl groups is 1. The Morgan fingerprint density at radius 1 is 1.16 bits per heavy atom. The minimum atomic E-state index is -0.257. The number of carbonyl (C=O) groups is 2. The lowest BCUT2D eigenvalue weighted by molar-refractivity contribution is -0.137. The van der Waals surface area contributed by atoms with Gasteiger partial charge in [0.05, 0.1) is 13.5 Å². The summed E-state index contributed by atoms with van der Waals surface area (Å²) in [5.74, 6) is -0.0825. The van der Waals surface area contributed by atoms with Crippen LogP contribution in [0.3, 0.4) is 0 Å². The third-order valence-corrected chi connectivity index (χ3v) is 4.17. The number of methoxy groups -OCH3 is 1. The molecule has 0 spiro atoms. The van der Waals surface area contributed by atoms with E-state index in [9.17, 15) is 14.7 Å². The average molecular weight is 337 g/mol. The zero-order valence-corrected chi connectivity index (χ0v) is 13.9. The van der Waals surface area contributed by atoms with Gasteiger partial charge in [0.25, 0.3) is 5.91 Å². The van der Waals surface area contributed by atoms with Gasteiger partial charge in [0, 0.05) is 12.1 Å². The van der Waals surface area contributed by atoms with Crippen molar-refractivity contribution in [1.82, 2.24) is 4.90 Å². The fourth-order valence-electron chi connectivity index (χ4n) is 2.83. The Morgan fingerprint density at radius 2 is 1.92 bits per heavy atom. The van der Waals surface area contributed by atoms with E-state index in [1.54, 1.807) is 18.2 Å². The molecule has 3 rings (SSSR count). The second kappa shape index (κ2) is 7.21. The van der Waals surface area contributed by atoms with Crippen LogP contribution in [0.15, 0.2) is 54.1 Å². The molecular formula is C20H19NO4. The first kappa shape index (κ1) is 16.8. The van der Waals surface area contributed by atoms with E-state index >= 15 is 0 Å². The molecule has 0 aliphatic carbocycles. The first-order chi connectivity index (χ1) is 12.1. The van der Waals surface area contributed by atoms with Crippen LogP contribution in [0.25, 0.3) is 6.08 Å². The van der Waals surface area contributed by atoms with Gasteiger partial charge in [0.15, 0.2) is 11.5 Å². The number of nitrogens with zero attached hydrogens (tertiary/aromatic N) is 1. The predicted octanol–water partition coefficient (Wildman–Crippen LogP) is 2.79. The number of rotatable bonds is 5. The van der Waals surface area contributed by atoms with E-state index < -0.39 is 0 Å². The van der Waals surface area contributed by atoms with Crippen molar-refractivity contribution in [3.8, 4) is 11.5 Å². The molecule has 0 aromatic heterocycles. The normalized spacial score (nSPS) is 15.9. The summed E-state index contributed by atoms with van der Waals surface area (Å²) >= 11 is 0. The van der Waals surface area contributed by atoms with E-state index in [1.807, 2.05) is 30.3 Å². The molecule has 5 nitrogen and oxygen atoms in total. The van der Waals surface area contributed by atoms with Gasteiger partial charge < -0.3 is 9.84 Å². The molecule has 128 valence electrons. The molecule has 1 saturated heterocycles. The summed E-state index contributed by atoms with van der Waals surface area (Å²) in [6, 6.07) is 14.6. The number of hydrogen-bond donors (Lipinski definition) is 1. The van der Waals surface area contributed by atoms with E-state index in [0.717, 1.165) is 5.56 Å². The summed E-state index contributed by atoms with van der Waals surface area (Å²) in [5.41, 5.74) is 2.24. The molecule has 1 aliphatic heterocycles. The van der Waals surface area contributed by atoms with Crippen LogP contribution in [0.1, 0.15) is 17.5 Å². The largest absolute Gasteiger partial charge is 0.504 e. The molecule has 2 amide bonds. The Balaban J connectivity index is 1.74. The number of likely N-dealkylation sites (tertiary alicyclic amines) is 1. The molecule has 0 saturated carbocycles. The van der Waals surface area contributed by atoms with Gasteiger partial charge >= 0.3 is 0 Å². The highest BCUT2D eigenvalue weighted by Gasteiger charge is 2.33. The number of phenols is 1. The number of imide groups is 1. The summed E-state index contributed by atoms with van der Waals surface area (Å²) in [4.78, 5) is 26.0. The molecule has 2 aromatic carbocycles. The van der Waals surface area contributed by atoms with Gasteiger partial charge in [-0.05, 0) is 35.8 Å². The maximum absolute atomic E-state index is 12.5. The molecule has 0 atom stereocenters. The molecular weight excluding hydrogens is 318 g/mol. The van der Waals surface area contributed by atoms with E-state index in [0.29, 0.717) is 29.9 Å². The number of carbonyl (C=O) groups excluding carboxylic acids is 2. The summed E-state index contributed by atoms with van der Waals surface area (Å²) in [6.07, 6.45) is 2.40. The van der Waals surface area contributed by atoms with E-state index in [1.165, 1.54) is 18.1 Å². The third-order valence-electron chi connectivity index (χ3n) is 4.17. The molecule has 0 unspecified atom stereocenters. The van der Waals surface area contributed by atoms with Gasteiger partial charge in [-0.15, -0.1) is 0 Å². The van der Waals surface area contributed by atoms with Crippen LogP contribution in [-0.2, 0) is 16.0 Å². The van der Waals surface area contributed by atoms with Crippen molar-refractivity contribution in [2.45, 2.75) is 12.8 Å². The van der Waals surface area contributed by atoms with Gasteiger partial charge in [-0.3, -0.25) is 14.5 Å². The highest BCUT2D eigenvalue weighted by atomic mass is 16.5. The van der Waals surface area contributed by atoms with Crippen LogP contribution < -0.4 is 4.74 Å². The van der Waals surface area contributed by atoms with Gasteiger partial charge in [0.1, 0.15) is 0 Å². The summed E-state index contributed by atoms with van der Waals surface area (Å²) in [6.45, 7) is 0.373. The van der Waals surface area contributed by atoms with Gasteiger partial charge in [-0.1, -0.05) is 36.4 Å². The minimum Gasteiger partial charge on any atom is -0.504 e. The molecule has 25 heavy (non-hydrogen) atoms. The second-order valence-electron chi connectivity index (χ2n) is 5.86. The predicted molar refractivity (Wildman–Crippen MR) is 94.1 cm³/mol.